The van der Waals surface area contributed by atoms with Crippen LogP contribution in [-0.2, 0) is 6.54 Å². The van der Waals surface area contributed by atoms with Gasteiger partial charge < -0.3 is 5.73 Å². The number of aromatic nitrogens is 1. The van der Waals surface area contributed by atoms with E-state index in [1.165, 1.54) is 6.20 Å². The molecular weight excluding hydrogens is 146 g/mol. The van der Waals surface area contributed by atoms with Crippen molar-refractivity contribution in [1.82, 2.24) is 4.98 Å². The summed E-state index contributed by atoms with van der Waals surface area (Å²) in [7, 11) is 5.50. The molecule has 0 aliphatic heterocycles. The van der Waals surface area contributed by atoms with Gasteiger partial charge in [-0.15, -0.1) is 0 Å². The average Bonchev–Trinajstić information content (AvgIpc) is 1.88. The minimum Gasteiger partial charge on any atom is -0.325 e. The molecule has 0 saturated heterocycles. The monoisotopic (exact) mass is 152 g/mol. The molecule has 2 N–H and O–H groups in total. The van der Waals surface area contributed by atoms with Crippen LogP contribution in [0.25, 0.3) is 0 Å². The number of pyridine rings is 1. The van der Waals surface area contributed by atoms with E-state index in [4.69, 9.17) is 25.2 Å². The first-order chi connectivity index (χ1) is 4.74. The molecule has 1 heterocycles. The molecule has 0 bridgehead atoms. The second kappa shape index (κ2) is 3.04. The molecule has 0 fully saturated rings. The van der Waals surface area contributed by atoms with Gasteiger partial charge in [0.25, 0.3) is 0 Å². The Morgan fingerprint density at radius 3 is 2.90 bits per heavy atom. The van der Waals surface area contributed by atoms with E-state index < -0.39 is 0 Å². The molecule has 0 atom stereocenters. The number of hydrogen-bond donors (Lipinski definition) is 1. The smallest absolute Gasteiger partial charge is 0.116 e. The van der Waals surface area contributed by atoms with Crippen LogP contribution in [0, 0.1) is 0 Å². The summed E-state index contributed by atoms with van der Waals surface area (Å²) in [4.78, 5) is 3.91. The molecule has 1 aromatic heterocycles. The van der Waals surface area contributed by atoms with Gasteiger partial charge in [-0.3, -0.25) is 4.98 Å². The Morgan fingerprint density at radius 2 is 2.40 bits per heavy atom. The van der Waals surface area contributed by atoms with E-state index >= 15 is 0 Å². The fraction of sp³-hybridized carbons (Fsp3) is 0.167. The van der Waals surface area contributed by atoms with Gasteiger partial charge in [-0.1, -0.05) is 17.1 Å². The molecule has 10 heavy (non-hydrogen) atoms. The summed E-state index contributed by atoms with van der Waals surface area (Å²) in [6.07, 6.45) is 1.53. The Balaban J connectivity index is 3.07. The van der Waals surface area contributed by atoms with Gasteiger partial charge in [-0.05, 0) is 6.07 Å². The summed E-state index contributed by atoms with van der Waals surface area (Å²) >= 11 is 5.59. The number of halogens is 1. The SMILES string of the molecule is [B]c1cc(Cl)cnc1CN. The third-order valence-corrected chi connectivity index (χ3v) is 1.37. The van der Waals surface area contributed by atoms with Gasteiger partial charge in [0, 0.05) is 18.4 Å². The first kappa shape index (κ1) is 7.57. The minimum atomic E-state index is 0.350. The predicted octanol–water partition coefficient (Wildman–Crippen LogP) is -0.0125. The van der Waals surface area contributed by atoms with Gasteiger partial charge in [0.2, 0.25) is 0 Å². The highest BCUT2D eigenvalue weighted by Gasteiger charge is 1.95. The van der Waals surface area contributed by atoms with Crippen LogP contribution < -0.4 is 11.2 Å². The van der Waals surface area contributed by atoms with E-state index in [-0.39, 0.29) is 0 Å². The zero-order valence-corrected chi connectivity index (χ0v) is 6.10. The van der Waals surface area contributed by atoms with Crippen molar-refractivity contribution in [3.8, 4) is 0 Å². The Morgan fingerprint density at radius 1 is 1.70 bits per heavy atom. The average molecular weight is 152 g/mol. The lowest BCUT2D eigenvalue weighted by Gasteiger charge is -2.00. The molecule has 2 nitrogen and oxygen atoms in total. The van der Waals surface area contributed by atoms with E-state index in [0.717, 1.165) is 0 Å². The molecule has 0 aliphatic rings. The van der Waals surface area contributed by atoms with E-state index in [2.05, 4.69) is 4.98 Å². The molecule has 50 valence electrons. The van der Waals surface area contributed by atoms with Gasteiger partial charge in [-0.25, -0.2) is 0 Å². The van der Waals surface area contributed by atoms with Crippen LogP contribution in [0.4, 0.5) is 0 Å². The molecule has 1 aromatic rings. The van der Waals surface area contributed by atoms with Crippen molar-refractivity contribution >= 4 is 24.9 Å². The lowest BCUT2D eigenvalue weighted by atomic mass is 9.94. The molecule has 0 saturated carbocycles. The van der Waals surface area contributed by atoms with Crippen LogP contribution in [0.2, 0.25) is 5.02 Å². The standard InChI is InChI=1S/C6H6BClN2/c7-5-1-4(8)3-10-6(5)2-9/h1,3H,2,9H2. The predicted molar refractivity (Wildman–Crippen MR) is 42.5 cm³/mol. The van der Waals surface area contributed by atoms with Crippen molar-refractivity contribution < 1.29 is 0 Å². The zero-order valence-electron chi connectivity index (χ0n) is 5.34. The molecule has 0 unspecified atom stereocenters. The lowest BCUT2D eigenvalue weighted by molar-refractivity contribution is 1.00. The van der Waals surface area contributed by atoms with Gasteiger partial charge >= 0.3 is 0 Å². The van der Waals surface area contributed by atoms with E-state index in [1.807, 2.05) is 0 Å². The lowest BCUT2D eigenvalue weighted by Crippen LogP contribution is -2.15. The third kappa shape index (κ3) is 1.49. The Hall–Kier alpha value is -0.535. The topological polar surface area (TPSA) is 38.9 Å². The summed E-state index contributed by atoms with van der Waals surface area (Å²) in [6, 6.07) is 1.64. The third-order valence-electron chi connectivity index (χ3n) is 1.16. The molecular formula is C6H6BClN2. The number of nitrogens with two attached hydrogens (primary N) is 1. The molecule has 4 heteroatoms. The minimum absolute atomic E-state index is 0.350. The summed E-state index contributed by atoms with van der Waals surface area (Å²) in [5, 5.41) is 0.537. The van der Waals surface area contributed by atoms with E-state index in [9.17, 15) is 0 Å². The van der Waals surface area contributed by atoms with Crippen LogP contribution >= 0.6 is 11.6 Å². The fourth-order valence-electron chi connectivity index (χ4n) is 0.654. The summed E-state index contributed by atoms with van der Waals surface area (Å²) in [5.74, 6) is 0. The normalized spacial score (nSPS) is 9.80. The summed E-state index contributed by atoms with van der Waals surface area (Å²) in [6.45, 7) is 0.350. The maximum Gasteiger partial charge on any atom is 0.116 e. The molecule has 2 radical (unpaired) electrons. The first-order valence-electron chi connectivity index (χ1n) is 2.84. The highest BCUT2D eigenvalue weighted by atomic mass is 35.5. The van der Waals surface area contributed by atoms with Gasteiger partial charge in [0.1, 0.15) is 7.85 Å². The van der Waals surface area contributed by atoms with Crippen molar-refractivity contribution in [2.75, 3.05) is 0 Å². The number of nitrogens with zero attached hydrogens (tertiary/aromatic N) is 1. The number of rotatable bonds is 1. The molecule has 1 rings (SSSR count). The molecule has 0 aliphatic carbocycles. The van der Waals surface area contributed by atoms with Gasteiger partial charge in [-0.2, -0.15) is 0 Å². The van der Waals surface area contributed by atoms with Crippen molar-refractivity contribution in [3.05, 3.63) is 23.0 Å². The second-order valence-electron chi connectivity index (χ2n) is 1.89. The molecule has 0 amide bonds. The Bertz CT molecular complexity index is 239. The zero-order chi connectivity index (χ0) is 7.56. The van der Waals surface area contributed by atoms with Crippen LogP contribution in [-0.4, -0.2) is 12.8 Å². The maximum atomic E-state index is 5.59. The first-order valence-corrected chi connectivity index (χ1v) is 3.22. The second-order valence-corrected chi connectivity index (χ2v) is 2.33. The van der Waals surface area contributed by atoms with Crippen LogP contribution in [0.5, 0.6) is 0 Å². The van der Waals surface area contributed by atoms with E-state index in [1.54, 1.807) is 6.07 Å². The molecule has 0 aromatic carbocycles. The highest BCUT2D eigenvalue weighted by molar-refractivity contribution is 6.36. The quantitative estimate of drug-likeness (QED) is 0.575. The van der Waals surface area contributed by atoms with Gasteiger partial charge in [0.15, 0.2) is 0 Å². The van der Waals surface area contributed by atoms with Crippen molar-refractivity contribution in [2.45, 2.75) is 6.54 Å². The van der Waals surface area contributed by atoms with Crippen LogP contribution in [0.1, 0.15) is 5.69 Å². The largest absolute Gasteiger partial charge is 0.325 e. The number of hydrogen-bond acceptors (Lipinski definition) is 2. The Labute approximate surface area is 65.8 Å². The summed E-state index contributed by atoms with van der Waals surface area (Å²) in [5.41, 5.74) is 6.55. The van der Waals surface area contributed by atoms with Gasteiger partial charge in [0.05, 0.1) is 5.02 Å². The van der Waals surface area contributed by atoms with Crippen LogP contribution in [0.15, 0.2) is 12.3 Å². The highest BCUT2D eigenvalue weighted by Crippen LogP contribution is 2.02. The Kier molecular flexibility index (Phi) is 2.30. The fourth-order valence-corrected chi connectivity index (χ4v) is 0.820. The maximum absolute atomic E-state index is 5.59. The molecule has 0 spiro atoms. The summed E-state index contributed by atoms with van der Waals surface area (Å²) < 4.78 is 0. The van der Waals surface area contributed by atoms with Crippen LogP contribution in [0.3, 0.4) is 0 Å². The van der Waals surface area contributed by atoms with Crippen molar-refractivity contribution in [2.24, 2.45) is 5.73 Å². The van der Waals surface area contributed by atoms with Crippen molar-refractivity contribution in [3.63, 3.8) is 0 Å². The van der Waals surface area contributed by atoms with Crippen molar-refractivity contribution in [1.29, 1.82) is 0 Å². The van der Waals surface area contributed by atoms with E-state index in [0.29, 0.717) is 22.7 Å².